The maximum atomic E-state index is 11.9. The summed E-state index contributed by atoms with van der Waals surface area (Å²) in [4.78, 5) is 32.2. The summed E-state index contributed by atoms with van der Waals surface area (Å²) in [5, 5.41) is 18.6. The van der Waals surface area contributed by atoms with Crippen molar-refractivity contribution in [3.8, 4) is 0 Å². The highest BCUT2D eigenvalue weighted by molar-refractivity contribution is 5.86. The number of hydrogen-bond donors (Lipinski definition) is 3. The summed E-state index contributed by atoms with van der Waals surface area (Å²) < 4.78 is 35.8. The fourth-order valence-corrected chi connectivity index (χ4v) is 0.975. The third-order valence-corrected chi connectivity index (χ3v) is 1.74. The number of halogens is 3. The molecule has 0 aliphatic heterocycles. The molecule has 0 saturated carbocycles. The quantitative estimate of drug-likeness (QED) is 0.659. The molecule has 1 atom stereocenters. The Hall–Kier alpha value is -2.00. The Kier molecular flexibility index (Phi) is 5.40. The van der Waals surface area contributed by atoms with Crippen LogP contribution in [0.3, 0.4) is 0 Å². The lowest BCUT2D eigenvalue weighted by Gasteiger charge is -2.21. The number of urea groups is 1. The topological polar surface area (TPSA) is 107 Å². The molecule has 0 aromatic heterocycles. The van der Waals surface area contributed by atoms with E-state index in [-0.39, 0.29) is 4.90 Å². The number of alkyl halides is 3. The van der Waals surface area contributed by atoms with Crippen LogP contribution >= 0.6 is 0 Å². The van der Waals surface area contributed by atoms with E-state index in [1.54, 1.807) is 5.32 Å². The van der Waals surface area contributed by atoms with E-state index in [4.69, 9.17) is 10.2 Å². The van der Waals surface area contributed by atoms with Crippen LogP contribution in [0.2, 0.25) is 0 Å². The zero-order chi connectivity index (χ0) is 14.5. The van der Waals surface area contributed by atoms with Crippen LogP contribution in [0.5, 0.6) is 0 Å². The second-order valence-corrected chi connectivity index (χ2v) is 3.41. The van der Waals surface area contributed by atoms with Crippen LogP contribution < -0.4 is 5.32 Å². The first-order chi connectivity index (χ1) is 8.03. The second-order valence-electron chi connectivity index (χ2n) is 3.41. The molecule has 104 valence electrons. The van der Waals surface area contributed by atoms with Crippen LogP contribution in [-0.4, -0.2) is 58.9 Å². The molecular weight excluding hydrogens is 261 g/mol. The molecule has 3 N–H and O–H groups in total. The molecule has 10 heteroatoms. The van der Waals surface area contributed by atoms with Crippen LogP contribution in [0.15, 0.2) is 0 Å². The van der Waals surface area contributed by atoms with Crippen molar-refractivity contribution >= 4 is 18.0 Å². The lowest BCUT2D eigenvalue weighted by molar-refractivity contribution is -0.146. The second kappa shape index (κ2) is 6.07. The minimum absolute atomic E-state index is 0.206. The molecule has 0 radical (unpaired) electrons. The van der Waals surface area contributed by atoms with Crippen LogP contribution in [0, 0.1) is 0 Å². The van der Waals surface area contributed by atoms with E-state index >= 15 is 0 Å². The van der Waals surface area contributed by atoms with Crippen molar-refractivity contribution in [1.82, 2.24) is 10.2 Å². The van der Waals surface area contributed by atoms with E-state index in [2.05, 4.69) is 0 Å². The number of hydrogen-bond acceptors (Lipinski definition) is 3. The Morgan fingerprint density at radius 1 is 1.28 bits per heavy atom. The van der Waals surface area contributed by atoms with Gasteiger partial charge in [0.1, 0.15) is 12.6 Å². The number of nitrogens with one attached hydrogen (secondary N) is 1. The molecule has 0 fully saturated rings. The van der Waals surface area contributed by atoms with Gasteiger partial charge in [0.15, 0.2) is 0 Å². The fourth-order valence-electron chi connectivity index (χ4n) is 0.975. The first kappa shape index (κ1) is 16.0. The molecule has 18 heavy (non-hydrogen) atoms. The average Bonchev–Trinajstić information content (AvgIpc) is 2.12. The standard InChI is InChI=1S/C8H11F3N2O5/c1-13(3-8(9,10)11)7(18)12-4(6(16)17)2-5(14)15/h4H,2-3H2,1H3,(H,12,18)(H,14,15)(H,16,17)/t4-/m0/s1. The number of aliphatic carboxylic acids is 2. The highest BCUT2D eigenvalue weighted by Crippen LogP contribution is 2.15. The van der Waals surface area contributed by atoms with Gasteiger partial charge >= 0.3 is 24.1 Å². The summed E-state index contributed by atoms with van der Waals surface area (Å²) in [5.41, 5.74) is 0. The molecule has 2 amide bonds. The maximum absolute atomic E-state index is 11.9. The Morgan fingerprint density at radius 2 is 1.78 bits per heavy atom. The lowest BCUT2D eigenvalue weighted by Crippen LogP contribution is -2.49. The normalized spacial score (nSPS) is 12.7. The van der Waals surface area contributed by atoms with Crippen molar-refractivity contribution < 1.29 is 37.8 Å². The van der Waals surface area contributed by atoms with Crippen molar-refractivity contribution in [2.24, 2.45) is 0 Å². The van der Waals surface area contributed by atoms with E-state index in [1.807, 2.05) is 0 Å². The van der Waals surface area contributed by atoms with Gasteiger partial charge in [0.05, 0.1) is 6.42 Å². The summed E-state index contributed by atoms with van der Waals surface area (Å²) in [6, 6.07) is -3.10. The Labute approximate surface area is 99.2 Å². The summed E-state index contributed by atoms with van der Waals surface area (Å²) in [6.07, 6.45) is -5.56. The van der Waals surface area contributed by atoms with Crippen molar-refractivity contribution in [3.05, 3.63) is 0 Å². The predicted octanol–water partition coefficient (Wildman–Crippen LogP) is 0.118. The van der Waals surface area contributed by atoms with E-state index < -0.39 is 43.2 Å². The summed E-state index contributed by atoms with van der Waals surface area (Å²) in [6.45, 7) is -1.57. The Morgan fingerprint density at radius 3 is 2.11 bits per heavy atom. The molecule has 0 rings (SSSR count). The molecule has 0 aromatic rings. The summed E-state index contributed by atoms with van der Waals surface area (Å²) >= 11 is 0. The molecular formula is C8H11F3N2O5. The summed E-state index contributed by atoms with van der Waals surface area (Å²) in [5.74, 6) is -3.15. The zero-order valence-corrected chi connectivity index (χ0v) is 9.19. The van der Waals surface area contributed by atoms with E-state index in [0.717, 1.165) is 7.05 Å². The van der Waals surface area contributed by atoms with Crippen molar-refractivity contribution in [3.63, 3.8) is 0 Å². The van der Waals surface area contributed by atoms with Gasteiger partial charge in [-0.3, -0.25) is 4.79 Å². The highest BCUT2D eigenvalue weighted by atomic mass is 19.4. The third kappa shape index (κ3) is 6.55. The molecule has 0 aliphatic carbocycles. The number of carboxylic acids is 2. The maximum Gasteiger partial charge on any atom is 0.406 e. The third-order valence-electron chi connectivity index (χ3n) is 1.74. The van der Waals surface area contributed by atoms with Crippen LogP contribution in [0.25, 0.3) is 0 Å². The molecule has 0 heterocycles. The van der Waals surface area contributed by atoms with Gasteiger partial charge in [-0.1, -0.05) is 0 Å². The average molecular weight is 272 g/mol. The van der Waals surface area contributed by atoms with Crippen molar-refractivity contribution in [2.45, 2.75) is 18.6 Å². The number of amides is 2. The largest absolute Gasteiger partial charge is 0.481 e. The van der Waals surface area contributed by atoms with E-state index in [0.29, 0.717) is 0 Å². The number of carbonyl (C=O) groups excluding carboxylic acids is 1. The number of nitrogens with zero attached hydrogens (tertiary/aromatic N) is 1. The first-order valence-electron chi connectivity index (χ1n) is 4.56. The van der Waals surface area contributed by atoms with Gasteiger partial charge in [-0.15, -0.1) is 0 Å². The first-order valence-corrected chi connectivity index (χ1v) is 4.56. The lowest BCUT2D eigenvalue weighted by atomic mass is 10.2. The smallest absolute Gasteiger partial charge is 0.406 e. The number of carbonyl (C=O) groups is 3. The highest BCUT2D eigenvalue weighted by Gasteiger charge is 2.32. The van der Waals surface area contributed by atoms with Gasteiger partial charge in [0.2, 0.25) is 0 Å². The van der Waals surface area contributed by atoms with Crippen LogP contribution in [0.4, 0.5) is 18.0 Å². The predicted molar refractivity (Wildman–Crippen MR) is 50.9 cm³/mol. The summed E-state index contributed by atoms with van der Waals surface area (Å²) in [7, 11) is 0.808. The molecule has 0 bridgehead atoms. The SMILES string of the molecule is CN(CC(F)(F)F)C(=O)N[C@@H](CC(=O)O)C(=O)O. The van der Waals surface area contributed by atoms with Gasteiger partial charge in [-0.25, -0.2) is 9.59 Å². The number of carboxylic acid groups (broad SMARTS) is 2. The van der Waals surface area contributed by atoms with Gasteiger partial charge in [0.25, 0.3) is 0 Å². The van der Waals surface area contributed by atoms with E-state index in [9.17, 15) is 27.6 Å². The molecule has 0 saturated heterocycles. The molecule has 0 aromatic carbocycles. The van der Waals surface area contributed by atoms with Gasteiger partial charge in [-0.05, 0) is 0 Å². The van der Waals surface area contributed by atoms with Gasteiger partial charge < -0.3 is 20.4 Å². The Balaban J connectivity index is 4.50. The van der Waals surface area contributed by atoms with Crippen molar-refractivity contribution in [2.75, 3.05) is 13.6 Å². The molecule has 0 unspecified atom stereocenters. The fraction of sp³-hybridized carbons (Fsp3) is 0.625. The minimum atomic E-state index is -4.63. The zero-order valence-electron chi connectivity index (χ0n) is 9.19. The van der Waals surface area contributed by atoms with Crippen LogP contribution in [0.1, 0.15) is 6.42 Å². The van der Waals surface area contributed by atoms with Crippen LogP contribution in [-0.2, 0) is 9.59 Å². The molecule has 0 spiro atoms. The number of rotatable bonds is 5. The van der Waals surface area contributed by atoms with Gasteiger partial charge in [-0.2, -0.15) is 13.2 Å². The van der Waals surface area contributed by atoms with E-state index in [1.165, 1.54) is 0 Å². The minimum Gasteiger partial charge on any atom is -0.481 e. The molecule has 7 nitrogen and oxygen atoms in total. The van der Waals surface area contributed by atoms with Gasteiger partial charge in [0, 0.05) is 7.05 Å². The Bertz CT molecular complexity index is 344. The molecule has 0 aliphatic rings. The van der Waals surface area contributed by atoms with Crippen molar-refractivity contribution in [1.29, 1.82) is 0 Å². The monoisotopic (exact) mass is 272 g/mol.